The van der Waals surface area contributed by atoms with Gasteiger partial charge < -0.3 is 10.1 Å². The fourth-order valence-electron chi connectivity index (χ4n) is 1.53. The van der Waals surface area contributed by atoms with Gasteiger partial charge in [-0.15, -0.1) is 0 Å². The highest BCUT2D eigenvalue weighted by Crippen LogP contribution is 2.16. The standard InChI is InChI=1S/C14H13ClN2OS/c1-2-18-12-6-7-13(16-9-12)14(19)17-11-5-3-4-10(15)8-11/h3-9H,2H2,1H3,(H,17,19). The number of thiocarbonyl (C=S) groups is 1. The lowest BCUT2D eigenvalue weighted by molar-refractivity contribution is 0.339. The van der Waals surface area contributed by atoms with Crippen LogP contribution in [0.15, 0.2) is 42.6 Å². The quantitative estimate of drug-likeness (QED) is 0.866. The molecule has 2 aromatic rings. The predicted octanol–water partition coefficient (Wildman–Crippen LogP) is 3.92. The fraction of sp³-hybridized carbons (Fsp3) is 0.143. The van der Waals surface area contributed by atoms with Gasteiger partial charge in [-0.2, -0.15) is 0 Å². The molecule has 98 valence electrons. The number of hydrogen-bond acceptors (Lipinski definition) is 3. The molecule has 0 unspecified atom stereocenters. The summed E-state index contributed by atoms with van der Waals surface area (Å²) in [6.45, 7) is 2.55. The van der Waals surface area contributed by atoms with Gasteiger partial charge in [-0.1, -0.05) is 29.9 Å². The van der Waals surface area contributed by atoms with Crippen molar-refractivity contribution in [2.75, 3.05) is 11.9 Å². The van der Waals surface area contributed by atoms with Gasteiger partial charge >= 0.3 is 0 Å². The van der Waals surface area contributed by atoms with Gasteiger partial charge in [0.15, 0.2) is 0 Å². The number of ether oxygens (including phenoxy) is 1. The normalized spacial score (nSPS) is 10.0. The molecule has 19 heavy (non-hydrogen) atoms. The minimum atomic E-state index is 0.547. The summed E-state index contributed by atoms with van der Waals surface area (Å²) in [5.41, 5.74) is 1.53. The maximum atomic E-state index is 5.91. The third-order valence-electron chi connectivity index (χ3n) is 2.36. The molecule has 5 heteroatoms. The first-order chi connectivity index (χ1) is 9.19. The van der Waals surface area contributed by atoms with Crippen LogP contribution in [0.3, 0.4) is 0 Å². The van der Waals surface area contributed by atoms with Crippen LogP contribution in [-0.4, -0.2) is 16.6 Å². The van der Waals surface area contributed by atoms with Gasteiger partial charge in [-0.05, 0) is 37.3 Å². The third-order valence-corrected chi connectivity index (χ3v) is 2.91. The highest BCUT2D eigenvalue weighted by atomic mass is 35.5. The molecule has 0 spiro atoms. The second-order valence-corrected chi connectivity index (χ2v) is 4.62. The smallest absolute Gasteiger partial charge is 0.137 e. The van der Waals surface area contributed by atoms with Crippen molar-refractivity contribution in [3.8, 4) is 5.75 Å². The largest absolute Gasteiger partial charge is 0.492 e. The van der Waals surface area contributed by atoms with Crippen LogP contribution in [-0.2, 0) is 0 Å². The maximum Gasteiger partial charge on any atom is 0.137 e. The van der Waals surface area contributed by atoms with Crippen LogP contribution in [0.2, 0.25) is 5.02 Å². The molecule has 3 nitrogen and oxygen atoms in total. The van der Waals surface area contributed by atoms with E-state index in [2.05, 4.69) is 10.3 Å². The Kier molecular flexibility index (Phi) is 4.71. The van der Waals surface area contributed by atoms with Crippen LogP contribution in [0, 0.1) is 0 Å². The molecule has 0 radical (unpaired) electrons. The van der Waals surface area contributed by atoms with Crippen molar-refractivity contribution < 1.29 is 4.74 Å². The highest BCUT2D eigenvalue weighted by molar-refractivity contribution is 7.81. The molecule has 0 bridgehead atoms. The van der Waals surface area contributed by atoms with E-state index in [1.165, 1.54) is 0 Å². The number of benzene rings is 1. The van der Waals surface area contributed by atoms with Gasteiger partial charge in [-0.25, -0.2) is 4.98 Å². The Hall–Kier alpha value is -1.65. The van der Waals surface area contributed by atoms with E-state index in [-0.39, 0.29) is 0 Å². The van der Waals surface area contributed by atoms with E-state index < -0.39 is 0 Å². The van der Waals surface area contributed by atoms with E-state index in [4.69, 9.17) is 28.6 Å². The predicted molar refractivity (Wildman–Crippen MR) is 82.2 cm³/mol. The molecular formula is C14H13ClN2OS. The molecule has 0 aliphatic heterocycles. The summed E-state index contributed by atoms with van der Waals surface area (Å²) in [6.07, 6.45) is 1.66. The summed E-state index contributed by atoms with van der Waals surface area (Å²) in [6, 6.07) is 11.0. The summed E-state index contributed by atoms with van der Waals surface area (Å²) in [5, 5.41) is 3.75. The zero-order valence-electron chi connectivity index (χ0n) is 10.4. The maximum absolute atomic E-state index is 5.91. The van der Waals surface area contributed by atoms with Crippen LogP contribution in [0.5, 0.6) is 5.75 Å². The molecule has 0 aliphatic rings. The van der Waals surface area contributed by atoms with Crippen molar-refractivity contribution in [1.29, 1.82) is 0 Å². The average molecular weight is 293 g/mol. The summed E-state index contributed by atoms with van der Waals surface area (Å²) in [7, 11) is 0. The monoisotopic (exact) mass is 292 g/mol. The van der Waals surface area contributed by atoms with Crippen LogP contribution in [0.1, 0.15) is 12.6 Å². The molecule has 1 heterocycles. The van der Waals surface area contributed by atoms with Crippen molar-refractivity contribution in [3.05, 3.63) is 53.3 Å². The van der Waals surface area contributed by atoms with Gasteiger partial charge in [0.2, 0.25) is 0 Å². The lowest BCUT2D eigenvalue weighted by Crippen LogP contribution is -2.12. The summed E-state index contributed by atoms with van der Waals surface area (Å²) in [5.74, 6) is 0.733. The number of halogens is 1. The Morgan fingerprint density at radius 1 is 1.37 bits per heavy atom. The summed E-state index contributed by atoms with van der Waals surface area (Å²) >= 11 is 11.2. The van der Waals surface area contributed by atoms with Crippen LogP contribution in [0.25, 0.3) is 0 Å². The first kappa shape index (κ1) is 13.8. The summed E-state index contributed by atoms with van der Waals surface area (Å²) < 4.78 is 5.33. The summed E-state index contributed by atoms with van der Waals surface area (Å²) in [4.78, 5) is 4.80. The van der Waals surface area contributed by atoms with E-state index >= 15 is 0 Å². The molecule has 0 amide bonds. The number of nitrogens with one attached hydrogen (secondary N) is 1. The Labute approximate surface area is 122 Å². The van der Waals surface area contributed by atoms with E-state index in [0.29, 0.717) is 22.3 Å². The number of hydrogen-bond donors (Lipinski definition) is 1. The second kappa shape index (κ2) is 6.50. The highest BCUT2D eigenvalue weighted by Gasteiger charge is 2.04. The molecule has 1 N–H and O–H groups in total. The van der Waals surface area contributed by atoms with Gasteiger partial charge in [-0.3, -0.25) is 0 Å². The molecule has 0 saturated heterocycles. The number of rotatable bonds is 4. The zero-order chi connectivity index (χ0) is 13.7. The second-order valence-electron chi connectivity index (χ2n) is 3.78. The first-order valence-electron chi connectivity index (χ1n) is 5.85. The van der Waals surface area contributed by atoms with E-state index in [1.54, 1.807) is 6.20 Å². The number of anilines is 1. The van der Waals surface area contributed by atoms with E-state index in [0.717, 1.165) is 11.4 Å². The van der Waals surface area contributed by atoms with Crippen LogP contribution in [0.4, 0.5) is 5.69 Å². The van der Waals surface area contributed by atoms with Gasteiger partial charge in [0.25, 0.3) is 0 Å². The SMILES string of the molecule is CCOc1ccc(C(=S)Nc2cccc(Cl)c2)nc1. The fourth-order valence-corrected chi connectivity index (χ4v) is 1.96. The van der Waals surface area contributed by atoms with Crippen molar-refractivity contribution in [3.63, 3.8) is 0 Å². The van der Waals surface area contributed by atoms with Crippen LogP contribution < -0.4 is 10.1 Å². The molecule has 0 atom stereocenters. The molecule has 1 aromatic heterocycles. The number of aromatic nitrogens is 1. The Bertz CT molecular complexity index is 572. The van der Waals surface area contributed by atoms with Crippen molar-refractivity contribution in [2.45, 2.75) is 6.92 Å². The van der Waals surface area contributed by atoms with Crippen molar-refractivity contribution in [2.24, 2.45) is 0 Å². The minimum absolute atomic E-state index is 0.547. The lowest BCUT2D eigenvalue weighted by atomic mass is 10.3. The average Bonchev–Trinajstić information content (AvgIpc) is 2.40. The molecule has 0 saturated carbocycles. The molecular weight excluding hydrogens is 280 g/mol. The number of nitrogens with zero attached hydrogens (tertiary/aromatic N) is 1. The topological polar surface area (TPSA) is 34.1 Å². The molecule has 0 fully saturated rings. The Balaban J connectivity index is 2.07. The molecule has 0 aliphatic carbocycles. The Morgan fingerprint density at radius 2 is 2.21 bits per heavy atom. The molecule has 1 aromatic carbocycles. The van der Waals surface area contributed by atoms with Crippen molar-refractivity contribution in [1.82, 2.24) is 4.98 Å². The third kappa shape index (κ3) is 3.91. The van der Waals surface area contributed by atoms with Gasteiger partial charge in [0.1, 0.15) is 10.7 Å². The van der Waals surface area contributed by atoms with E-state index in [1.807, 2.05) is 43.3 Å². The number of pyridine rings is 1. The first-order valence-corrected chi connectivity index (χ1v) is 6.63. The lowest BCUT2D eigenvalue weighted by Gasteiger charge is -2.08. The minimum Gasteiger partial charge on any atom is -0.492 e. The van der Waals surface area contributed by atoms with Crippen LogP contribution >= 0.6 is 23.8 Å². The van der Waals surface area contributed by atoms with Gasteiger partial charge in [0.05, 0.1) is 18.5 Å². The van der Waals surface area contributed by atoms with E-state index in [9.17, 15) is 0 Å². The van der Waals surface area contributed by atoms with Crippen molar-refractivity contribution >= 4 is 34.5 Å². The Morgan fingerprint density at radius 3 is 2.84 bits per heavy atom. The zero-order valence-corrected chi connectivity index (χ0v) is 12.0. The van der Waals surface area contributed by atoms with Gasteiger partial charge in [0, 0.05) is 10.7 Å². The molecule has 2 rings (SSSR count).